The highest BCUT2D eigenvalue weighted by molar-refractivity contribution is 6.24. The minimum atomic E-state index is -2.70. The molecule has 7 N–H and O–H groups in total. The van der Waals surface area contributed by atoms with E-state index in [2.05, 4.69) is 4.90 Å². The molecule has 1 fully saturated rings. The minimum Gasteiger partial charge on any atom is -0.508 e. The van der Waals surface area contributed by atoms with Crippen molar-refractivity contribution in [3.8, 4) is 11.5 Å². The largest absolute Gasteiger partial charge is 0.508 e. The fourth-order valence-electron chi connectivity index (χ4n) is 7.33. The van der Waals surface area contributed by atoms with E-state index in [1.54, 1.807) is 14.1 Å². The third-order valence-electron chi connectivity index (χ3n) is 9.35. The molecule has 1 aromatic rings. The molecular formula is C31H43N3O9. The van der Waals surface area contributed by atoms with E-state index in [9.17, 15) is 39.9 Å². The second-order valence-corrected chi connectivity index (χ2v) is 13.0. The summed E-state index contributed by atoms with van der Waals surface area (Å²) in [6.07, 6.45) is 0.103. The fraction of sp³-hybridized carbons (Fsp3) is 0.581. The second kappa shape index (κ2) is 11.2. The quantitative estimate of drug-likeness (QED) is 0.234. The first-order valence-corrected chi connectivity index (χ1v) is 14.4. The predicted molar refractivity (Wildman–Crippen MR) is 157 cm³/mol. The van der Waals surface area contributed by atoms with Gasteiger partial charge in [0.1, 0.15) is 28.6 Å². The number of methoxy groups -OCH3 is 1. The molecule has 1 saturated carbocycles. The molecule has 0 saturated heterocycles. The first-order valence-electron chi connectivity index (χ1n) is 14.4. The van der Waals surface area contributed by atoms with Gasteiger partial charge in [-0.05, 0) is 50.9 Å². The highest BCUT2D eigenvalue weighted by Gasteiger charge is 2.64. The number of aromatic hydroxyl groups is 1. The van der Waals surface area contributed by atoms with Crippen LogP contribution in [0.5, 0.6) is 11.5 Å². The first kappa shape index (κ1) is 32.5. The lowest BCUT2D eigenvalue weighted by Gasteiger charge is -2.50. The molecule has 0 aromatic heterocycles. The zero-order valence-electron chi connectivity index (χ0n) is 25.8. The van der Waals surface area contributed by atoms with Crippen molar-refractivity contribution in [3.05, 3.63) is 39.7 Å². The van der Waals surface area contributed by atoms with Gasteiger partial charge >= 0.3 is 0 Å². The standard InChI is InChI=1S/C31H43N3O9/c1-8-34(19(13-35)30(2,3)4)12-15-11-18(36)21-16(26(15)43-7)9-14-10-17-23(33(5)6)25(38)22(29(32)41)28(40)31(17,42)27(39)20(14)24(21)37/h11,14,17,19,23,35-37,40,42H,8-10,12-13H2,1-7H3,(H2,32,41)/t14-,17-,19+,23-,31-/m0/s1. The minimum absolute atomic E-state index is 0.0163. The smallest absolute Gasteiger partial charge is 0.255 e. The molecule has 12 heteroatoms. The Hall–Kier alpha value is -3.45. The average molecular weight is 602 g/mol. The molecule has 5 atom stereocenters. The Morgan fingerprint density at radius 2 is 1.84 bits per heavy atom. The Morgan fingerprint density at radius 3 is 2.33 bits per heavy atom. The van der Waals surface area contributed by atoms with Gasteiger partial charge < -0.3 is 36.0 Å². The van der Waals surface area contributed by atoms with Gasteiger partial charge in [-0.25, -0.2) is 0 Å². The number of aliphatic hydroxyl groups is 4. The molecule has 0 bridgehead atoms. The van der Waals surface area contributed by atoms with Crippen LogP contribution in [0.25, 0.3) is 5.76 Å². The Labute approximate surface area is 251 Å². The molecule has 0 spiro atoms. The molecule has 0 unspecified atom stereocenters. The lowest BCUT2D eigenvalue weighted by atomic mass is 9.57. The van der Waals surface area contributed by atoms with Crippen molar-refractivity contribution in [2.75, 3.05) is 34.4 Å². The van der Waals surface area contributed by atoms with Crippen LogP contribution in [0.4, 0.5) is 0 Å². The number of ether oxygens (including phenoxy) is 1. The van der Waals surface area contributed by atoms with E-state index in [0.29, 0.717) is 30.0 Å². The number of nitrogens with zero attached hydrogens (tertiary/aromatic N) is 2. The molecule has 4 rings (SSSR count). The first-order chi connectivity index (χ1) is 20.0. The van der Waals surface area contributed by atoms with Crippen LogP contribution in [0.2, 0.25) is 0 Å². The molecule has 236 valence electrons. The molecular weight excluding hydrogens is 558 g/mol. The number of ketones is 2. The van der Waals surface area contributed by atoms with Gasteiger partial charge in [-0.3, -0.25) is 24.2 Å². The monoisotopic (exact) mass is 601 g/mol. The number of rotatable bonds is 8. The number of aliphatic hydroxyl groups excluding tert-OH is 3. The van der Waals surface area contributed by atoms with Crippen LogP contribution in [0.15, 0.2) is 23.0 Å². The van der Waals surface area contributed by atoms with Crippen LogP contribution in [0.3, 0.4) is 0 Å². The Morgan fingerprint density at radius 1 is 1.21 bits per heavy atom. The number of phenolic OH excluding ortho intramolecular Hbond substituents is 1. The maximum Gasteiger partial charge on any atom is 0.255 e. The lowest BCUT2D eigenvalue weighted by Crippen LogP contribution is -2.65. The summed E-state index contributed by atoms with van der Waals surface area (Å²) in [5.74, 6) is -6.65. The third kappa shape index (κ3) is 4.90. The van der Waals surface area contributed by atoms with Crippen LogP contribution in [-0.4, -0.2) is 105 Å². The number of phenols is 1. The number of amides is 1. The SMILES string of the molecule is CCN(Cc1cc(O)c2c(c1OC)C[C@H]1C[C@H]3[C@H](N(C)C)C(=O)C(C(N)=O)=C(O)[C@@]3(O)C(=O)C1=C2O)[C@H](CO)C(C)(C)C. The molecule has 3 aliphatic rings. The van der Waals surface area contributed by atoms with Gasteiger partial charge in [0.25, 0.3) is 5.91 Å². The number of likely N-dealkylation sites (N-methyl/N-ethyl adjacent to an activating group) is 2. The van der Waals surface area contributed by atoms with E-state index in [0.717, 1.165) is 0 Å². The Kier molecular flexibility index (Phi) is 8.48. The summed E-state index contributed by atoms with van der Waals surface area (Å²) in [5, 5.41) is 55.6. The van der Waals surface area contributed by atoms with E-state index < -0.39 is 58.0 Å². The van der Waals surface area contributed by atoms with Gasteiger partial charge in [0, 0.05) is 35.2 Å². The van der Waals surface area contributed by atoms with Crippen molar-refractivity contribution in [1.82, 2.24) is 9.80 Å². The summed E-state index contributed by atoms with van der Waals surface area (Å²) < 4.78 is 5.83. The molecule has 0 radical (unpaired) electrons. The van der Waals surface area contributed by atoms with Crippen LogP contribution in [0, 0.1) is 17.3 Å². The molecule has 0 heterocycles. The van der Waals surface area contributed by atoms with E-state index in [4.69, 9.17) is 10.5 Å². The van der Waals surface area contributed by atoms with E-state index >= 15 is 0 Å². The number of nitrogens with two attached hydrogens (primary N) is 1. The number of benzene rings is 1. The number of hydrogen-bond acceptors (Lipinski definition) is 11. The summed E-state index contributed by atoms with van der Waals surface area (Å²) in [6.45, 7) is 8.89. The Balaban J connectivity index is 1.89. The van der Waals surface area contributed by atoms with Gasteiger partial charge in [0.05, 0.1) is 25.3 Å². The summed E-state index contributed by atoms with van der Waals surface area (Å²) in [6, 6.07) is 0.0836. The van der Waals surface area contributed by atoms with Crippen molar-refractivity contribution in [1.29, 1.82) is 0 Å². The highest BCUT2D eigenvalue weighted by Crippen LogP contribution is 2.54. The van der Waals surface area contributed by atoms with Crippen molar-refractivity contribution in [2.24, 2.45) is 23.0 Å². The van der Waals surface area contributed by atoms with E-state index in [1.807, 2.05) is 27.7 Å². The van der Waals surface area contributed by atoms with Gasteiger partial charge in [-0.2, -0.15) is 0 Å². The summed E-state index contributed by atoms with van der Waals surface area (Å²) in [5.41, 5.74) is 2.39. The van der Waals surface area contributed by atoms with Crippen LogP contribution in [0.1, 0.15) is 50.8 Å². The van der Waals surface area contributed by atoms with Gasteiger partial charge in [0.15, 0.2) is 11.4 Å². The molecule has 43 heavy (non-hydrogen) atoms. The van der Waals surface area contributed by atoms with Crippen LogP contribution >= 0.6 is 0 Å². The molecule has 12 nitrogen and oxygen atoms in total. The lowest BCUT2D eigenvalue weighted by molar-refractivity contribution is -0.153. The number of carbonyl (C=O) groups is 3. The number of hydrogen-bond donors (Lipinski definition) is 6. The highest BCUT2D eigenvalue weighted by atomic mass is 16.5. The van der Waals surface area contributed by atoms with E-state index in [1.165, 1.54) is 18.1 Å². The van der Waals surface area contributed by atoms with Gasteiger partial charge in [0.2, 0.25) is 5.78 Å². The summed E-state index contributed by atoms with van der Waals surface area (Å²) in [7, 11) is 4.58. The zero-order valence-corrected chi connectivity index (χ0v) is 25.8. The van der Waals surface area contributed by atoms with Crippen LogP contribution < -0.4 is 10.5 Å². The maximum absolute atomic E-state index is 14.0. The summed E-state index contributed by atoms with van der Waals surface area (Å²) in [4.78, 5) is 43.0. The number of primary amides is 1. The number of fused-ring (bicyclic) bond motifs is 3. The predicted octanol–water partition coefficient (Wildman–Crippen LogP) is 1.20. The van der Waals surface area contributed by atoms with Crippen LogP contribution in [-0.2, 0) is 27.3 Å². The Bertz CT molecular complexity index is 1420. The van der Waals surface area contributed by atoms with Crippen molar-refractivity contribution in [2.45, 2.75) is 64.8 Å². The van der Waals surface area contributed by atoms with E-state index in [-0.39, 0.29) is 47.8 Å². The van der Waals surface area contributed by atoms with Gasteiger partial charge in [-0.15, -0.1) is 0 Å². The summed E-state index contributed by atoms with van der Waals surface area (Å²) >= 11 is 0. The fourth-order valence-corrected chi connectivity index (χ4v) is 7.33. The average Bonchev–Trinajstić information content (AvgIpc) is 2.89. The second-order valence-electron chi connectivity index (χ2n) is 13.0. The number of Topliss-reactive ketones (excluding diaryl/α,β-unsaturated/α-hetero) is 2. The van der Waals surface area contributed by atoms with Crippen molar-refractivity contribution >= 4 is 23.2 Å². The molecule has 0 aliphatic heterocycles. The van der Waals surface area contributed by atoms with Crippen molar-refractivity contribution < 1.29 is 44.7 Å². The molecule has 1 aromatic carbocycles. The van der Waals surface area contributed by atoms with Crippen molar-refractivity contribution in [3.63, 3.8) is 0 Å². The zero-order chi connectivity index (χ0) is 32.3. The maximum atomic E-state index is 14.0. The number of carbonyl (C=O) groups excluding carboxylic acids is 3. The van der Waals surface area contributed by atoms with Gasteiger partial charge in [-0.1, -0.05) is 27.7 Å². The molecule has 3 aliphatic carbocycles. The normalized spacial score (nSPS) is 26.4. The topological polar surface area (TPSA) is 194 Å². The third-order valence-corrected chi connectivity index (χ3v) is 9.35. The molecule has 1 amide bonds.